The Labute approximate surface area is 152 Å². The molecule has 1 aromatic heterocycles. The fourth-order valence-corrected chi connectivity index (χ4v) is 2.78. The second-order valence-corrected chi connectivity index (χ2v) is 6.88. The van der Waals surface area contributed by atoms with Crippen molar-refractivity contribution in [3.8, 4) is 0 Å². The third kappa shape index (κ3) is 3.50. The van der Waals surface area contributed by atoms with Crippen LogP contribution in [-0.2, 0) is 11.3 Å². The summed E-state index contributed by atoms with van der Waals surface area (Å²) in [4.78, 5) is 45.4. The summed E-state index contributed by atoms with van der Waals surface area (Å²) in [7, 11) is 3.06. The van der Waals surface area contributed by atoms with Gasteiger partial charge in [0.1, 0.15) is 6.54 Å². The highest BCUT2D eigenvalue weighted by Gasteiger charge is 2.37. The molecule has 1 aliphatic heterocycles. The minimum atomic E-state index is -1.13. The zero-order valence-electron chi connectivity index (χ0n) is 15.9. The van der Waals surface area contributed by atoms with Crippen LogP contribution in [0.4, 0.5) is 10.6 Å². The highest BCUT2D eigenvalue weighted by Crippen LogP contribution is 2.26. The highest BCUT2D eigenvalue weighted by molar-refractivity contribution is 6.00. The van der Waals surface area contributed by atoms with Gasteiger partial charge in [-0.3, -0.25) is 19.4 Å². The number of imidazole rings is 1. The molecule has 2 rings (SSSR count). The van der Waals surface area contributed by atoms with Crippen molar-refractivity contribution in [1.82, 2.24) is 24.7 Å². The van der Waals surface area contributed by atoms with E-state index in [1.165, 1.54) is 22.8 Å². The topological polar surface area (TPSA) is 111 Å². The van der Waals surface area contributed by atoms with Crippen LogP contribution in [-0.4, -0.2) is 74.8 Å². The van der Waals surface area contributed by atoms with Crippen LogP contribution >= 0.6 is 0 Å². The number of carbonyl (C=O) groups is 3. The number of amides is 4. The third-order valence-corrected chi connectivity index (χ3v) is 4.09. The van der Waals surface area contributed by atoms with Crippen LogP contribution in [0.3, 0.4) is 0 Å². The molecule has 0 saturated carbocycles. The Morgan fingerprint density at radius 1 is 1.27 bits per heavy atom. The molecule has 0 radical (unpaired) electrons. The van der Waals surface area contributed by atoms with Crippen LogP contribution < -0.4 is 10.2 Å². The number of imide groups is 1. The molecule has 0 bridgehead atoms. The van der Waals surface area contributed by atoms with E-state index in [9.17, 15) is 19.5 Å². The second kappa shape index (κ2) is 7.32. The normalized spacial score (nSPS) is 17.0. The standard InChI is InChI=1S/C16H26N6O4/c1-9(2)18-15(25)22(10(3)4)11(23)7-21-8-17-13-12(21)14(24)20(6)16(26)19(13)5/h8-10,16,26H,7H2,1-6H3,(H,18,25). The number of hydrogen-bond donors (Lipinski definition) is 2. The fraction of sp³-hybridized carbons (Fsp3) is 0.625. The molecule has 0 saturated heterocycles. The first-order valence-corrected chi connectivity index (χ1v) is 8.42. The van der Waals surface area contributed by atoms with E-state index in [1.807, 2.05) is 13.8 Å². The van der Waals surface area contributed by atoms with Crippen LogP contribution in [0.1, 0.15) is 38.2 Å². The maximum absolute atomic E-state index is 12.7. The van der Waals surface area contributed by atoms with Crippen molar-refractivity contribution in [2.45, 2.75) is 52.7 Å². The van der Waals surface area contributed by atoms with Gasteiger partial charge in [0.15, 0.2) is 11.5 Å². The lowest BCUT2D eigenvalue weighted by Gasteiger charge is -2.36. The number of nitrogens with zero attached hydrogens (tertiary/aromatic N) is 5. The molecular weight excluding hydrogens is 340 g/mol. The van der Waals surface area contributed by atoms with Gasteiger partial charge >= 0.3 is 6.03 Å². The van der Waals surface area contributed by atoms with E-state index in [0.717, 1.165) is 9.80 Å². The van der Waals surface area contributed by atoms with E-state index in [1.54, 1.807) is 20.9 Å². The Hall–Kier alpha value is -2.62. The molecule has 1 aliphatic rings. The molecule has 0 spiro atoms. The van der Waals surface area contributed by atoms with Crippen molar-refractivity contribution in [2.24, 2.45) is 0 Å². The molecular formula is C16H26N6O4. The number of aliphatic hydroxyl groups excluding tert-OH is 1. The number of urea groups is 1. The number of hydrogen-bond acceptors (Lipinski definition) is 6. The van der Waals surface area contributed by atoms with Crippen molar-refractivity contribution in [1.29, 1.82) is 0 Å². The molecule has 10 heteroatoms. The zero-order chi connectivity index (χ0) is 19.8. The molecule has 10 nitrogen and oxygen atoms in total. The lowest BCUT2D eigenvalue weighted by atomic mass is 10.2. The summed E-state index contributed by atoms with van der Waals surface area (Å²) in [6.07, 6.45) is 0.236. The molecule has 1 atom stereocenters. The van der Waals surface area contributed by atoms with Gasteiger partial charge in [-0.25, -0.2) is 9.78 Å². The van der Waals surface area contributed by atoms with Gasteiger partial charge in [0.25, 0.3) is 11.8 Å². The quantitative estimate of drug-likeness (QED) is 0.778. The Bertz CT molecular complexity index is 714. The van der Waals surface area contributed by atoms with Crippen LogP contribution in [0.2, 0.25) is 0 Å². The molecule has 0 aliphatic carbocycles. The number of carbonyl (C=O) groups excluding carboxylic acids is 3. The maximum atomic E-state index is 12.7. The number of fused-ring (bicyclic) bond motifs is 1. The number of aliphatic hydroxyl groups is 1. The molecule has 4 amide bonds. The Kier molecular flexibility index (Phi) is 5.55. The van der Waals surface area contributed by atoms with Gasteiger partial charge in [0.2, 0.25) is 6.35 Å². The minimum Gasteiger partial charge on any atom is -0.356 e. The van der Waals surface area contributed by atoms with Gasteiger partial charge in [-0.15, -0.1) is 0 Å². The second-order valence-electron chi connectivity index (χ2n) is 6.88. The molecule has 2 heterocycles. The largest absolute Gasteiger partial charge is 0.356 e. The van der Waals surface area contributed by atoms with Gasteiger partial charge in [-0.1, -0.05) is 0 Å². The minimum absolute atomic E-state index is 0.108. The first-order chi connectivity index (χ1) is 12.1. The number of rotatable bonds is 4. The summed E-state index contributed by atoms with van der Waals surface area (Å²) in [5.41, 5.74) is 0.196. The smallest absolute Gasteiger partial charge is 0.324 e. The summed E-state index contributed by atoms with van der Waals surface area (Å²) >= 11 is 0. The van der Waals surface area contributed by atoms with Gasteiger partial charge < -0.3 is 19.9 Å². The summed E-state index contributed by atoms with van der Waals surface area (Å²) in [6, 6.07) is -0.934. The Morgan fingerprint density at radius 3 is 2.42 bits per heavy atom. The van der Waals surface area contributed by atoms with E-state index >= 15 is 0 Å². The van der Waals surface area contributed by atoms with E-state index < -0.39 is 24.2 Å². The van der Waals surface area contributed by atoms with E-state index in [4.69, 9.17) is 0 Å². The maximum Gasteiger partial charge on any atom is 0.324 e. The average molecular weight is 366 g/mol. The lowest BCUT2D eigenvalue weighted by molar-refractivity contribution is -0.130. The Morgan fingerprint density at radius 2 is 1.88 bits per heavy atom. The monoisotopic (exact) mass is 366 g/mol. The summed E-state index contributed by atoms with van der Waals surface area (Å²) < 4.78 is 1.40. The molecule has 144 valence electrons. The van der Waals surface area contributed by atoms with Crippen molar-refractivity contribution in [3.63, 3.8) is 0 Å². The molecule has 2 N–H and O–H groups in total. The Balaban J connectivity index is 2.29. The molecule has 1 aromatic rings. The molecule has 0 fully saturated rings. The third-order valence-electron chi connectivity index (χ3n) is 4.09. The van der Waals surface area contributed by atoms with Gasteiger partial charge in [-0.2, -0.15) is 0 Å². The first kappa shape index (κ1) is 19.7. The lowest BCUT2D eigenvalue weighted by Crippen LogP contribution is -2.53. The van der Waals surface area contributed by atoms with Crippen molar-refractivity contribution >= 4 is 23.7 Å². The number of nitrogens with one attached hydrogen (secondary N) is 1. The first-order valence-electron chi connectivity index (χ1n) is 8.42. The number of aromatic nitrogens is 2. The molecule has 0 aromatic carbocycles. The zero-order valence-corrected chi connectivity index (χ0v) is 15.9. The van der Waals surface area contributed by atoms with Crippen LogP contribution in [0, 0.1) is 0 Å². The fourth-order valence-electron chi connectivity index (χ4n) is 2.78. The van der Waals surface area contributed by atoms with Gasteiger partial charge in [-0.05, 0) is 27.7 Å². The number of anilines is 1. The summed E-state index contributed by atoms with van der Waals surface area (Å²) in [5, 5.41) is 12.7. The van der Waals surface area contributed by atoms with Crippen LogP contribution in [0.15, 0.2) is 6.33 Å². The summed E-state index contributed by atoms with van der Waals surface area (Å²) in [5.74, 6) is -0.614. The molecule has 26 heavy (non-hydrogen) atoms. The van der Waals surface area contributed by atoms with E-state index in [-0.39, 0.29) is 30.1 Å². The van der Waals surface area contributed by atoms with Gasteiger partial charge in [0, 0.05) is 26.2 Å². The van der Waals surface area contributed by atoms with Crippen LogP contribution in [0.25, 0.3) is 0 Å². The van der Waals surface area contributed by atoms with Crippen molar-refractivity contribution in [2.75, 3.05) is 19.0 Å². The van der Waals surface area contributed by atoms with Crippen LogP contribution in [0.5, 0.6) is 0 Å². The predicted molar refractivity (Wildman–Crippen MR) is 94.4 cm³/mol. The predicted octanol–water partition coefficient (Wildman–Crippen LogP) is 0.0358. The molecule has 1 unspecified atom stereocenters. The summed E-state index contributed by atoms with van der Waals surface area (Å²) in [6.45, 7) is 6.88. The average Bonchev–Trinajstić information content (AvgIpc) is 2.93. The SMILES string of the molecule is CC(C)NC(=O)N(C(=O)Cn1cnc2c1C(=O)N(C)C(O)N2C)C(C)C. The van der Waals surface area contributed by atoms with Crippen molar-refractivity contribution in [3.05, 3.63) is 12.0 Å². The van der Waals surface area contributed by atoms with Gasteiger partial charge in [0.05, 0.1) is 6.33 Å². The van der Waals surface area contributed by atoms with E-state index in [2.05, 4.69) is 10.3 Å². The highest BCUT2D eigenvalue weighted by atomic mass is 16.3. The van der Waals surface area contributed by atoms with E-state index in [0.29, 0.717) is 0 Å². The van der Waals surface area contributed by atoms with Crippen molar-refractivity contribution < 1.29 is 19.5 Å².